The summed E-state index contributed by atoms with van der Waals surface area (Å²) >= 11 is 6.22. The van der Waals surface area contributed by atoms with Crippen molar-refractivity contribution >= 4 is 40.2 Å². The molecule has 2 heterocycles. The number of aromatic nitrogens is 1. The van der Waals surface area contributed by atoms with Gasteiger partial charge in [0.1, 0.15) is 5.69 Å². The molecule has 0 radical (unpaired) electrons. The zero-order valence-corrected chi connectivity index (χ0v) is 17.2. The van der Waals surface area contributed by atoms with Crippen molar-refractivity contribution in [2.24, 2.45) is 0 Å². The number of hydrogen-bond donors (Lipinski definition) is 0. The van der Waals surface area contributed by atoms with Crippen molar-refractivity contribution in [1.29, 1.82) is 0 Å². The predicted molar refractivity (Wildman–Crippen MR) is 119 cm³/mol. The van der Waals surface area contributed by atoms with Gasteiger partial charge in [-0.2, -0.15) is 0 Å². The van der Waals surface area contributed by atoms with Crippen molar-refractivity contribution in [3.8, 4) is 0 Å². The van der Waals surface area contributed by atoms with E-state index in [-0.39, 0.29) is 24.1 Å². The highest BCUT2D eigenvalue weighted by atomic mass is 35.5. The number of carbonyl (C=O) groups is 3. The minimum absolute atomic E-state index is 0.224. The maximum atomic E-state index is 13.5. The quantitative estimate of drug-likeness (QED) is 0.430. The van der Waals surface area contributed by atoms with E-state index < -0.39 is 5.91 Å². The second-order valence-electron chi connectivity index (χ2n) is 7.37. The molecule has 4 aromatic rings. The molecule has 1 aromatic heterocycles. The summed E-state index contributed by atoms with van der Waals surface area (Å²) in [6.07, 6.45) is 0.450. The Morgan fingerprint density at radius 1 is 0.806 bits per heavy atom. The lowest BCUT2D eigenvalue weighted by atomic mass is 10.0. The smallest absolute Gasteiger partial charge is 0.273 e. The zero-order valence-electron chi connectivity index (χ0n) is 16.4. The molecule has 2 amide bonds. The van der Waals surface area contributed by atoms with E-state index >= 15 is 0 Å². The van der Waals surface area contributed by atoms with E-state index in [4.69, 9.17) is 11.6 Å². The van der Waals surface area contributed by atoms with Gasteiger partial charge in [0.05, 0.1) is 5.52 Å². The molecule has 0 aliphatic carbocycles. The summed E-state index contributed by atoms with van der Waals surface area (Å²) in [5.74, 6) is -1.18. The Kier molecular flexibility index (Phi) is 4.68. The van der Waals surface area contributed by atoms with E-state index in [0.29, 0.717) is 28.1 Å². The van der Waals surface area contributed by atoms with E-state index in [9.17, 15) is 14.4 Å². The van der Waals surface area contributed by atoms with Gasteiger partial charge in [-0.15, -0.1) is 0 Å². The van der Waals surface area contributed by atoms with Crippen molar-refractivity contribution in [2.45, 2.75) is 6.42 Å². The van der Waals surface area contributed by atoms with Crippen LogP contribution < -0.4 is 0 Å². The summed E-state index contributed by atoms with van der Waals surface area (Å²) in [7, 11) is 0. The van der Waals surface area contributed by atoms with E-state index in [1.54, 1.807) is 66.7 Å². The van der Waals surface area contributed by atoms with Crippen molar-refractivity contribution < 1.29 is 14.4 Å². The van der Waals surface area contributed by atoms with Crippen molar-refractivity contribution in [2.75, 3.05) is 6.54 Å². The van der Waals surface area contributed by atoms with Gasteiger partial charge < -0.3 is 0 Å². The van der Waals surface area contributed by atoms with Crippen LogP contribution in [-0.2, 0) is 6.42 Å². The molecule has 0 saturated carbocycles. The van der Waals surface area contributed by atoms with Gasteiger partial charge in [0.25, 0.3) is 17.7 Å². The first-order chi connectivity index (χ1) is 15.1. The van der Waals surface area contributed by atoms with Gasteiger partial charge in [-0.05, 0) is 54.4 Å². The van der Waals surface area contributed by atoms with Crippen LogP contribution in [0.2, 0.25) is 5.02 Å². The number of hydrogen-bond acceptors (Lipinski definition) is 3. The van der Waals surface area contributed by atoms with E-state index in [1.807, 2.05) is 12.1 Å². The fourth-order valence-electron chi connectivity index (χ4n) is 4.11. The van der Waals surface area contributed by atoms with Crippen molar-refractivity contribution in [1.82, 2.24) is 9.47 Å². The Labute approximate surface area is 183 Å². The molecule has 5 nitrogen and oxygen atoms in total. The lowest BCUT2D eigenvalue weighted by Gasteiger charge is -2.26. The third-order valence-corrected chi connectivity index (χ3v) is 5.79. The number of fused-ring (bicyclic) bond motifs is 3. The van der Waals surface area contributed by atoms with Gasteiger partial charge in [0.2, 0.25) is 0 Å². The number of rotatable bonds is 2. The van der Waals surface area contributed by atoms with Crippen LogP contribution in [0.4, 0.5) is 0 Å². The van der Waals surface area contributed by atoms with Crippen LogP contribution in [0, 0.1) is 0 Å². The van der Waals surface area contributed by atoms with E-state index in [0.717, 1.165) is 10.9 Å². The minimum Gasteiger partial charge on any atom is -0.273 e. The fraction of sp³-hybridized carbons (Fsp3) is 0.0800. The van der Waals surface area contributed by atoms with Gasteiger partial charge in [0, 0.05) is 28.1 Å². The maximum absolute atomic E-state index is 13.5. The zero-order chi connectivity index (χ0) is 21.5. The molecule has 0 fully saturated rings. The first kappa shape index (κ1) is 19.3. The van der Waals surface area contributed by atoms with Crippen LogP contribution in [0.1, 0.15) is 36.8 Å². The van der Waals surface area contributed by atoms with Gasteiger partial charge >= 0.3 is 0 Å². The number of benzene rings is 3. The fourth-order valence-corrected chi connectivity index (χ4v) is 4.28. The second kappa shape index (κ2) is 7.52. The lowest BCUT2D eigenvalue weighted by molar-refractivity contribution is 0.0593. The highest BCUT2D eigenvalue weighted by molar-refractivity contribution is 6.31. The molecule has 152 valence electrons. The Morgan fingerprint density at radius 3 is 2.06 bits per heavy atom. The molecule has 3 aromatic carbocycles. The summed E-state index contributed by atoms with van der Waals surface area (Å²) in [5, 5.41) is 1.28. The predicted octanol–water partition coefficient (Wildman–Crippen LogP) is 4.82. The third-order valence-electron chi connectivity index (χ3n) is 5.56. The normalized spacial score (nSPS) is 13.3. The van der Waals surface area contributed by atoms with Crippen LogP contribution >= 0.6 is 11.6 Å². The number of halogens is 1. The highest BCUT2D eigenvalue weighted by Crippen LogP contribution is 2.33. The molecule has 0 spiro atoms. The Bertz CT molecular complexity index is 1340. The highest BCUT2D eigenvalue weighted by Gasteiger charge is 2.36. The average molecular weight is 429 g/mol. The molecule has 1 aliphatic heterocycles. The molecule has 0 atom stereocenters. The number of nitrogens with zero attached hydrogens (tertiary/aromatic N) is 2. The van der Waals surface area contributed by atoms with Gasteiger partial charge in [0.15, 0.2) is 0 Å². The lowest BCUT2D eigenvalue weighted by Crippen LogP contribution is -2.43. The summed E-state index contributed by atoms with van der Waals surface area (Å²) in [6.45, 7) is 0.241. The van der Waals surface area contributed by atoms with Gasteiger partial charge in [-0.3, -0.25) is 23.9 Å². The van der Waals surface area contributed by atoms with Gasteiger partial charge in [-0.1, -0.05) is 48.0 Å². The Morgan fingerprint density at radius 2 is 1.42 bits per heavy atom. The molecule has 0 unspecified atom stereocenters. The Balaban J connectivity index is 1.69. The second-order valence-corrected chi connectivity index (χ2v) is 7.81. The molecule has 6 heteroatoms. The van der Waals surface area contributed by atoms with Crippen LogP contribution in [0.15, 0.2) is 78.9 Å². The van der Waals surface area contributed by atoms with Crippen LogP contribution in [0.3, 0.4) is 0 Å². The molecular weight excluding hydrogens is 412 g/mol. The molecule has 1 aliphatic rings. The van der Waals surface area contributed by atoms with Gasteiger partial charge in [-0.25, -0.2) is 0 Å². The molecule has 0 saturated heterocycles. The third kappa shape index (κ3) is 3.14. The van der Waals surface area contributed by atoms with Crippen LogP contribution in [0.5, 0.6) is 0 Å². The first-order valence-electron chi connectivity index (χ1n) is 9.90. The maximum Gasteiger partial charge on any atom is 0.278 e. The SMILES string of the molecule is O=C(c1ccccc1)N1CCc2c(n(C(=O)c3ccccc3)c3ccc(Cl)cc23)C1=O. The molecule has 0 N–H and O–H groups in total. The van der Waals surface area contributed by atoms with Crippen LogP contribution in [-0.4, -0.2) is 33.7 Å². The average Bonchev–Trinajstić information content (AvgIpc) is 3.14. The number of amides is 2. The van der Waals surface area contributed by atoms with Crippen LogP contribution in [0.25, 0.3) is 10.9 Å². The molecule has 31 heavy (non-hydrogen) atoms. The standard InChI is InChI=1S/C25H17ClN2O3/c26-18-11-12-21-20(15-18)19-13-14-27(23(29)16-7-3-1-4-8-16)25(31)22(19)28(21)24(30)17-9-5-2-6-10-17/h1-12,15H,13-14H2. The monoisotopic (exact) mass is 428 g/mol. The van der Waals surface area contributed by atoms with Crippen molar-refractivity contribution in [3.63, 3.8) is 0 Å². The summed E-state index contributed by atoms with van der Waals surface area (Å²) in [5.41, 5.74) is 2.45. The molecule has 5 rings (SSSR count). The first-order valence-corrected chi connectivity index (χ1v) is 10.3. The number of imide groups is 1. The summed E-state index contributed by atoms with van der Waals surface area (Å²) in [6, 6.07) is 22.7. The largest absolute Gasteiger partial charge is 0.278 e. The number of carbonyl (C=O) groups excluding carboxylic acids is 3. The van der Waals surface area contributed by atoms with E-state index in [2.05, 4.69) is 0 Å². The molecular formula is C25H17ClN2O3. The Hall–Kier alpha value is -3.70. The molecule has 0 bridgehead atoms. The summed E-state index contributed by atoms with van der Waals surface area (Å²) in [4.78, 5) is 41.2. The minimum atomic E-state index is -0.480. The summed E-state index contributed by atoms with van der Waals surface area (Å²) < 4.78 is 1.42. The van der Waals surface area contributed by atoms with E-state index in [1.165, 1.54) is 9.47 Å². The van der Waals surface area contributed by atoms with Crippen molar-refractivity contribution in [3.05, 3.63) is 106 Å². The topological polar surface area (TPSA) is 59.4 Å².